The number of amides is 1. The SMILES string of the molecule is Cc1ccccc1OCc1ccc(C(=O)Nc2cc(C)n(Cc3c(F)cccc3Cl)n2)o1. The first kappa shape index (κ1) is 21.6. The van der Waals surface area contributed by atoms with Gasteiger partial charge in [0, 0.05) is 22.3 Å². The summed E-state index contributed by atoms with van der Waals surface area (Å²) in [6.45, 7) is 4.12. The Labute approximate surface area is 189 Å². The number of carbonyl (C=O) groups excluding carboxylic acids is 1. The summed E-state index contributed by atoms with van der Waals surface area (Å²) in [6, 6.07) is 17.1. The molecule has 1 N–H and O–H groups in total. The third-order valence-corrected chi connectivity index (χ3v) is 5.30. The second-order valence-corrected chi connectivity index (χ2v) is 7.71. The first-order valence-corrected chi connectivity index (χ1v) is 10.3. The number of nitrogens with one attached hydrogen (secondary N) is 1. The number of hydrogen-bond acceptors (Lipinski definition) is 4. The van der Waals surface area contributed by atoms with Crippen molar-refractivity contribution >= 4 is 23.3 Å². The number of benzene rings is 2. The van der Waals surface area contributed by atoms with Crippen LogP contribution >= 0.6 is 11.6 Å². The lowest BCUT2D eigenvalue weighted by Gasteiger charge is -2.07. The zero-order valence-electron chi connectivity index (χ0n) is 17.6. The number of rotatable bonds is 7. The second-order valence-electron chi connectivity index (χ2n) is 7.30. The number of halogens is 2. The largest absolute Gasteiger partial charge is 0.485 e. The van der Waals surface area contributed by atoms with Gasteiger partial charge in [-0.3, -0.25) is 9.48 Å². The van der Waals surface area contributed by atoms with Crippen LogP contribution in [0, 0.1) is 19.7 Å². The fraction of sp³-hybridized carbons (Fsp3) is 0.167. The predicted octanol–water partition coefficient (Wildman–Crippen LogP) is 5.77. The topological polar surface area (TPSA) is 69.3 Å². The molecule has 0 aliphatic rings. The molecule has 2 heterocycles. The predicted molar refractivity (Wildman–Crippen MR) is 120 cm³/mol. The molecule has 0 saturated heterocycles. The molecule has 8 heteroatoms. The first-order chi connectivity index (χ1) is 15.4. The van der Waals surface area contributed by atoms with E-state index in [2.05, 4.69) is 10.4 Å². The number of hydrogen-bond donors (Lipinski definition) is 1. The van der Waals surface area contributed by atoms with Crippen LogP contribution in [-0.2, 0) is 13.2 Å². The van der Waals surface area contributed by atoms with Crippen LogP contribution in [0.4, 0.5) is 10.2 Å². The van der Waals surface area contributed by atoms with Crippen molar-refractivity contribution in [3.63, 3.8) is 0 Å². The third kappa shape index (κ3) is 4.84. The zero-order valence-corrected chi connectivity index (χ0v) is 18.3. The minimum atomic E-state index is -0.444. The maximum Gasteiger partial charge on any atom is 0.292 e. The van der Waals surface area contributed by atoms with E-state index in [4.69, 9.17) is 20.8 Å². The van der Waals surface area contributed by atoms with E-state index in [1.807, 2.05) is 38.1 Å². The highest BCUT2D eigenvalue weighted by Gasteiger charge is 2.16. The van der Waals surface area contributed by atoms with Gasteiger partial charge in [0.25, 0.3) is 5.91 Å². The van der Waals surface area contributed by atoms with Crippen LogP contribution in [0.15, 0.2) is 65.1 Å². The molecular weight excluding hydrogens is 433 g/mol. The lowest BCUT2D eigenvalue weighted by Crippen LogP contribution is -2.12. The first-order valence-electron chi connectivity index (χ1n) is 9.96. The van der Waals surface area contributed by atoms with Crippen LogP contribution in [-0.4, -0.2) is 15.7 Å². The monoisotopic (exact) mass is 453 g/mol. The normalized spacial score (nSPS) is 10.9. The molecular formula is C24H21ClFN3O3. The van der Waals surface area contributed by atoms with Gasteiger partial charge >= 0.3 is 0 Å². The summed E-state index contributed by atoms with van der Waals surface area (Å²) in [6.07, 6.45) is 0. The van der Waals surface area contributed by atoms with Crippen molar-refractivity contribution in [2.24, 2.45) is 0 Å². The Hall–Kier alpha value is -3.58. The number of aromatic nitrogens is 2. The van der Waals surface area contributed by atoms with Gasteiger partial charge in [-0.05, 0) is 49.7 Å². The minimum Gasteiger partial charge on any atom is -0.485 e. The smallest absolute Gasteiger partial charge is 0.292 e. The molecule has 0 bridgehead atoms. The third-order valence-electron chi connectivity index (χ3n) is 4.94. The number of aryl methyl sites for hydroxylation is 2. The van der Waals surface area contributed by atoms with Crippen molar-refractivity contribution in [2.75, 3.05) is 5.32 Å². The summed E-state index contributed by atoms with van der Waals surface area (Å²) in [5.74, 6) is 0.890. The number of furan rings is 1. The molecule has 0 atom stereocenters. The van der Waals surface area contributed by atoms with Crippen LogP contribution in [0.5, 0.6) is 5.75 Å². The van der Waals surface area contributed by atoms with Gasteiger partial charge in [0.1, 0.15) is 23.9 Å². The highest BCUT2D eigenvalue weighted by molar-refractivity contribution is 6.31. The van der Waals surface area contributed by atoms with Gasteiger partial charge in [0.2, 0.25) is 0 Å². The number of carbonyl (C=O) groups is 1. The maximum atomic E-state index is 14.1. The van der Waals surface area contributed by atoms with E-state index < -0.39 is 11.7 Å². The summed E-state index contributed by atoms with van der Waals surface area (Å²) in [4.78, 5) is 12.6. The van der Waals surface area contributed by atoms with Gasteiger partial charge in [-0.2, -0.15) is 5.10 Å². The van der Waals surface area contributed by atoms with Crippen molar-refractivity contribution in [1.82, 2.24) is 9.78 Å². The Kier molecular flexibility index (Phi) is 6.28. The maximum absolute atomic E-state index is 14.1. The van der Waals surface area contributed by atoms with Gasteiger partial charge in [-0.25, -0.2) is 4.39 Å². The molecule has 0 aliphatic carbocycles. The summed E-state index contributed by atoms with van der Waals surface area (Å²) < 4.78 is 27.0. The van der Waals surface area contributed by atoms with Gasteiger partial charge in [0.15, 0.2) is 11.6 Å². The highest BCUT2D eigenvalue weighted by Crippen LogP contribution is 2.22. The lowest BCUT2D eigenvalue weighted by molar-refractivity contribution is 0.0992. The fourth-order valence-corrected chi connectivity index (χ4v) is 3.41. The van der Waals surface area contributed by atoms with E-state index in [0.717, 1.165) is 17.0 Å². The van der Waals surface area contributed by atoms with Crippen molar-refractivity contribution < 1.29 is 18.3 Å². The molecule has 0 aliphatic heterocycles. The van der Waals surface area contributed by atoms with E-state index in [0.29, 0.717) is 22.2 Å². The van der Waals surface area contributed by atoms with Crippen LogP contribution in [0.2, 0.25) is 5.02 Å². The highest BCUT2D eigenvalue weighted by atomic mass is 35.5. The van der Waals surface area contributed by atoms with E-state index in [9.17, 15) is 9.18 Å². The molecule has 6 nitrogen and oxygen atoms in total. The van der Waals surface area contributed by atoms with Gasteiger partial charge in [-0.1, -0.05) is 35.9 Å². The van der Waals surface area contributed by atoms with Crippen LogP contribution in [0.25, 0.3) is 0 Å². The second kappa shape index (κ2) is 9.28. The van der Waals surface area contributed by atoms with Crippen LogP contribution in [0.1, 0.15) is 33.1 Å². The number of anilines is 1. The lowest BCUT2D eigenvalue weighted by atomic mass is 10.2. The molecule has 32 heavy (non-hydrogen) atoms. The molecule has 4 aromatic rings. The van der Waals surface area contributed by atoms with Gasteiger partial charge < -0.3 is 14.5 Å². The molecule has 0 saturated carbocycles. The minimum absolute atomic E-state index is 0.137. The van der Waals surface area contributed by atoms with Crippen molar-refractivity contribution in [3.05, 3.63) is 99.8 Å². The van der Waals surface area contributed by atoms with Crippen LogP contribution in [0.3, 0.4) is 0 Å². The summed E-state index contributed by atoms with van der Waals surface area (Å²) in [5.41, 5.74) is 2.09. The zero-order chi connectivity index (χ0) is 22.7. The molecule has 0 unspecified atom stereocenters. The molecule has 0 fully saturated rings. The molecule has 2 aromatic heterocycles. The number of para-hydroxylation sites is 1. The Balaban J connectivity index is 1.40. The van der Waals surface area contributed by atoms with Crippen LogP contribution < -0.4 is 10.1 Å². The van der Waals surface area contributed by atoms with E-state index in [-0.39, 0.29) is 18.9 Å². The summed E-state index contributed by atoms with van der Waals surface area (Å²) >= 11 is 6.11. The average Bonchev–Trinajstić information content (AvgIpc) is 3.37. The van der Waals surface area contributed by atoms with Gasteiger partial charge in [0.05, 0.1) is 6.54 Å². The Morgan fingerprint density at radius 1 is 1.16 bits per heavy atom. The fourth-order valence-electron chi connectivity index (χ4n) is 3.19. The summed E-state index contributed by atoms with van der Waals surface area (Å²) in [7, 11) is 0. The Morgan fingerprint density at radius 2 is 1.97 bits per heavy atom. The molecule has 2 aromatic carbocycles. The molecule has 164 valence electrons. The van der Waals surface area contributed by atoms with Crippen molar-refractivity contribution in [1.29, 1.82) is 0 Å². The summed E-state index contributed by atoms with van der Waals surface area (Å²) in [5, 5.41) is 7.36. The van der Waals surface area contributed by atoms with Gasteiger partial charge in [-0.15, -0.1) is 0 Å². The van der Waals surface area contributed by atoms with E-state index in [1.165, 1.54) is 6.07 Å². The number of nitrogens with zero attached hydrogens (tertiary/aromatic N) is 2. The quantitative estimate of drug-likeness (QED) is 0.386. The molecule has 4 rings (SSSR count). The Bertz CT molecular complexity index is 1240. The molecule has 1 amide bonds. The van der Waals surface area contributed by atoms with Crippen molar-refractivity contribution in [2.45, 2.75) is 27.0 Å². The molecule has 0 spiro atoms. The van der Waals surface area contributed by atoms with Crippen molar-refractivity contribution in [3.8, 4) is 5.75 Å². The average molecular weight is 454 g/mol. The van der Waals surface area contributed by atoms with E-state index >= 15 is 0 Å². The number of ether oxygens (including phenoxy) is 1. The van der Waals surface area contributed by atoms with E-state index in [1.54, 1.807) is 35.0 Å². The molecule has 0 radical (unpaired) electrons. The standard InChI is InChI=1S/C24H21ClFN3O3/c1-15-6-3-4-9-21(15)31-14-17-10-11-22(32-17)24(30)27-23-12-16(2)29(28-23)13-18-19(25)7-5-8-20(18)26/h3-12H,13-14H2,1-2H3,(H,27,28,30). The Morgan fingerprint density at radius 3 is 2.75 bits per heavy atom.